The molecule has 1 heterocycles. The minimum atomic E-state index is 0.657. The minimum Gasteiger partial charge on any atom is -0.383 e. The number of aryl methyl sites for hydroxylation is 1. The predicted octanol–water partition coefficient (Wildman–Crippen LogP) is 3.93. The van der Waals surface area contributed by atoms with E-state index >= 15 is 0 Å². The van der Waals surface area contributed by atoms with Crippen LogP contribution in [0.4, 0.5) is 0 Å². The van der Waals surface area contributed by atoms with Gasteiger partial charge in [-0.1, -0.05) is 41.1 Å². The smallest absolute Gasteiger partial charge is 0.101 e. The molecule has 3 nitrogen and oxygen atoms in total. The zero-order chi connectivity index (χ0) is 15.1. The van der Waals surface area contributed by atoms with Gasteiger partial charge in [0, 0.05) is 31.3 Å². The van der Waals surface area contributed by atoms with Crippen LogP contribution in [0.3, 0.4) is 0 Å². The van der Waals surface area contributed by atoms with Gasteiger partial charge in [0.05, 0.1) is 11.6 Å². The molecule has 0 radical (unpaired) electrons. The van der Waals surface area contributed by atoms with Crippen LogP contribution in [-0.4, -0.2) is 25.2 Å². The molecule has 0 atom stereocenters. The molecule has 112 valence electrons. The van der Waals surface area contributed by atoms with Crippen molar-refractivity contribution in [3.63, 3.8) is 0 Å². The largest absolute Gasteiger partial charge is 0.383 e. The summed E-state index contributed by atoms with van der Waals surface area (Å²) in [7, 11) is 1.71. The summed E-state index contributed by atoms with van der Waals surface area (Å²) in [6.07, 6.45) is 1.68. The Hall–Kier alpha value is -1.07. The highest BCUT2D eigenvalue weighted by Gasteiger charge is 2.06. The highest BCUT2D eigenvalue weighted by molar-refractivity contribution is 7.99. The van der Waals surface area contributed by atoms with Gasteiger partial charge in [-0.2, -0.15) is 0 Å². The Labute approximate surface area is 135 Å². The quantitative estimate of drug-likeness (QED) is 0.783. The third-order valence-electron chi connectivity index (χ3n) is 2.93. The Morgan fingerprint density at radius 1 is 1.29 bits per heavy atom. The van der Waals surface area contributed by atoms with E-state index < -0.39 is 0 Å². The van der Waals surface area contributed by atoms with Gasteiger partial charge in [0.25, 0.3) is 0 Å². The van der Waals surface area contributed by atoms with E-state index in [1.54, 1.807) is 25.1 Å². The van der Waals surface area contributed by atoms with Crippen molar-refractivity contribution in [1.82, 2.24) is 10.3 Å². The Morgan fingerprint density at radius 2 is 2.14 bits per heavy atom. The summed E-state index contributed by atoms with van der Waals surface area (Å²) in [5, 5.41) is 4.99. The average Bonchev–Trinajstić information content (AvgIpc) is 2.48. The first-order valence-corrected chi connectivity index (χ1v) is 7.97. The lowest BCUT2D eigenvalue weighted by Gasteiger charge is -2.11. The molecule has 0 saturated heterocycles. The van der Waals surface area contributed by atoms with Gasteiger partial charge in [0.1, 0.15) is 5.03 Å². The number of nitrogens with zero attached hydrogens (tertiary/aromatic N) is 1. The summed E-state index contributed by atoms with van der Waals surface area (Å²) in [5.41, 5.74) is 2.53. The van der Waals surface area contributed by atoms with Crippen LogP contribution < -0.4 is 5.32 Å². The number of hydrogen-bond donors (Lipinski definition) is 1. The number of rotatable bonds is 7. The van der Waals surface area contributed by atoms with Crippen molar-refractivity contribution in [2.45, 2.75) is 23.4 Å². The van der Waals surface area contributed by atoms with E-state index in [1.807, 2.05) is 12.1 Å². The summed E-state index contributed by atoms with van der Waals surface area (Å²) in [4.78, 5) is 5.55. The number of benzene rings is 1. The molecule has 2 aromatic rings. The van der Waals surface area contributed by atoms with Crippen LogP contribution in [0.15, 0.2) is 46.5 Å². The van der Waals surface area contributed by atoms with E-state index in [0.29, 0.717) is 11.6 Å². The Morgan fingerprint density at radius 3 is 2.86 bits per heavy atom. The van der Waals surface area contributed by atoms with Crippen molar-refractivity contribution in [2.24, 2.45) is 0 Å². The van der Waals surface area contributed by atoms with Gasteiger partial charge in [-0.25, -0.2) is 4.98 Å². The number of hydrogen-bond acceptors (Lipinski definition) is 4. The number of halogens is 1. The van der Waals surface area contributed by atoms with Gasteiger partial charge in [0.2, 0.25) is 0 Å². The molecule has 1 N–H and O–H groups in total. The summed E-state index contributed by atoms with van der Waals surface area (Å²) in [5.74, 6) is 0. The van der Waals surface area contributed by atoms with Crippen LogP contribution in [0.2, 0.25) is 5.02 Å². The average molecular weight is 323 g/mol. The molecule has 0 amide bonds. The summed E-state index contributed by atoms with van der Waals surface area (Å²) >= 11 is 7.53. The molecule has 5 heteroatoms. The molecular weight excluding hydrogens is 304 g/mol. The van der Waals surface area contributed by atoms with Gasteiger partial charge in [-0.15, -0.1) is 0 Å². The summed E-state index contributed by atoms with van der Waals surface area (Å²) in [6, 6.07) is 10.3. The second-order valence-electron chi connectivity index (χ2n) is 4.70. The summed E-state index contributed by atoms with van der Waals surface area (Å²) < 4.78 is 5.05. The van der Waals surface area contributed by atoms with Crippen molar-refractivity contribution < 1.29 is 4.74 Å². The molecule has 2 rings (SSSR count). The van der Waals surface area contributed by atoms with Crippen LogP contribution in [0.5, 0.6) is 0 Å². The Kier molecular flexibility index (Phi) is 6.51. The monoisotopic (exact) mass is 322 g/mol. The number of nitrogens with one attached hydrogen (secondary N) is 1. The number of ether oxygens (including phenoxy) is 1. The molecule has 0 saturated carbocycles. The van der Waals surface area contributed by atoms with Crippen LogP contribution in [0, 0.1) is 6.92 Å². The van der Waals surface area contributed by atoms with Gasteiger partial charge in [-0.05, 0) is 30.7 Å². The van der Waals surface area contributed by atoms with Crippen molar-refractivity contribution in [2.75, 3.05) is 20.3 Å². The van der Waals surface area contributed by atoms with E-state index in [1.165, 1.54) is 16.0 Å². The predicted molar refractivity (Wildman–Crippen MR) is 88.1 cm³/mol. The normalized spacial score (nSPS) is 10.8. The fraction of sp³-hybridized carbons (Fsp3) is 0.312. The summed E-state index contributed by atoms with van der Waals surface area (Å²) in [6.45, 7) is 4.48. The first-order chi connectivity index (χ1) is 10.2. The number of methoxy groups -OCH3 is 1. The van der Waals surface area contributed by atoms with E-state index in [0.717, 1.165) is 18.1 Å². The molecule has 1 aromatic carbocycles. The fourth-order valence-corrected chi connectivity index (χ4v) is 2.86. The molecule has 0 unspecified atom stereocenters. The minimum absolute atomic E-state index is 0.657. The Bertz CT molecular complexity index is 575. The molecule has 21 heavy (non-hydrogen) atoms. The highest BCUT2D eigenvalue weighted by Crippen LogP contribution is 2.30. The number of aromatic nitrogens is 1. The van der Waals surface area contributed by atoms with Crippen LogP contribution in [0.25, 0.3) is 0 Å². The van der Waals surface area contributed by atoms with Crippen LogP contribution >= 0.6 is 23.4 Å². The SMILES string of the molecule is COCCNCc1cc(C)ccc1Sc1ccc(Cl)cn1. The zero-order valence-electron chi connectivity index (χ0n) is 12.2. The molecule has 0 aliphatic heterocycles. The number of pyridine rings is 1. The van der Waals surface area contributed by atoms with E-state index in [9.17, 15) is 0 Å². The highest BCUT2D eigenvalue weighted by atomic mass is 35.5. The zero-order valence-corrected chi connectivity index (χ0v) is 13.8. The van der Waals surface area contributed by atoms with E-state index in [-0.39, 0.29) is 0 Å². The van der Waals surface area contributed by atoms with Crippen molar-refractivity contribution in [3.8, 4) is 0 Å². The van der Waals surface area contributed by atoms with Gasteiger partial charge in [0.15, 0.2) is 0 Å². The fourth-order valence-electron chi connectivity index (χ4n) is 1.88. The van der Waals surface area contributed by atoms with Crippen molar-refractivity contribution in [3.05, 3.63) is 52.7 Å². The molecule has 0 fully saturated rings. The lowest BCUT2D eigenvalue weighted by Crippen LogP contribution is -2.19. The molecule has 0 aliphatic carbocycles. The first kappa shape index (κ1) is 16.3. The molecule has 0 aliphatic rings. The maximum atomic E-state index is 5.87. The van der Waals surface area contributed by atoms with Crippen LogP contribution in [0.1, 0.15) is 11.1 Å². The van der Waals surface area contributed by atoms with Gasteiger partial charge in [-0.3, -0.25) is 0 Å². The van der Waals surface area contributed by atoms with Crippen molar-refractivity contribution >= 4 is 23.4 Å². The molecule has 1 aromatic heterocycles. The molecule has 0 spiro atoms. The lowest BCUT2D eigenvalue weighted by atomic mass is 10.1. The topological polar surface area (TPSA) is 34.1 Å². The second-order valence-corrected chi connectivity index (χ2v) is 6.20. The lowest BCUT2D eigenvalue weighted by molar-refractivity contribution is 0.199. The van der Waals surface area contributed by atoms with E-state index in [4.69, 9.17) is 16.3 Å². The third-order valence-corrected chi connectivity index (χ3v) is 4.22. The van der Waals surface area contributed by atoms with Crippen molar-refractivity contribution in [1.29, 1.82) is 0 Å². The standard InChI is InChI=1S/C16H19ClN2OS/c1-12-3-5-15(13(9-12)10-18-7-8-20-2)21-16-6-4-14(17)11-19-16/h3-6,9,11,18H,7-8,10H2,1-2H3. The van der Waals surface area contributed by atoms with Crippen LogP contribution in [-0.2, 0) is 11.3 Å². The van der Waals surface area contributed by atoms with Gasteiger partial charge < -0.3 is 10.1 Å². The Balaban J connectivity index is 2.08. The molecular formula is C16H19ClN2OS. The first-order valence-electron chi connectivity index (χ1n) is 6.77. The maximum absolute atomic E-state index is 5.87. The molecule has 0 bridgehead atoms. The van der Waals surface area contributed by atoms with E-state index in [2.05, 4.69) is 35.4 Å². The maximum Gasteiger partial charge on any atom is 0.101 e. The second kappa shape index (κ2) is 8.39. The van der Waals surface area contributed by atoms with Gasteiger partial charge >= 0.3 is 0 Å². The third kappa shape index (κ3) is 5.32.